The molecule has 1 aromatic rings. The lowest BCUT2D eigenvalue weighted by atomic mass is 10.1. The molecule has 1 atom stereocenters. The van der Waals surface area contributed by atoms with Crippen LogP contribution in [0.3, 0.4) is 0 Å². The van der Waals surface area contributed by atoms with Crippen LogP contribution in [0.5, 0.6) is 0 Å². The van der Waals surface area contributed by atoms with Crippen molar-refractivity contribution in [3.8, 4) is 0 Å². The summed E-state index contributed by atoms with van der Waals surface area (Å²) in [6.07, 6.45) is 2.17. The van der Waals surface area contributed by atoms with Gasteiger partial charge in [-0.1, -0.05) is 30.3 Å². The first kappa shape index (κ1) is 11.0. The Morgan fingerprint density at radius 1 is 1.31 bits per heavy atom. The van der Waals surface area contributed by atoms with Crippen molar-refractivity contribution in [1.82, 2.24) is 9.80 Å². The zero-order chi connectivity index (χ0) is 11.5. The third kappa shape index (κ3) is 2.03. The number of nitrogens with zero attached hydrogens (tertiary/aromatic N) is 2. The molecular weight excluding hydrogens is 200 g/mol. The second-order valence-electron chi connectivity index (χ2n) is 4.44. The standard InChI is InChI=1S/C13H18N2O/c1-14(2)13(16)15-10-6-9-12(15)11-7-4-3-5-8-11/h3-5,7-8,12H,6,9-10H2,1-2H3. The molecule has 0 spiro atoms. The topological polar surface area (TPSA) is 23.6 Å². The van der Waals surface area contributed by atoms with Crippen LogP contribution in [0.15, 0.2) is 30.3 Å². The van der Waals surface area contributed by atoms with E-state index in [0.29, 0.717) is 0 Å². The number of hydrogen-bond donors (Lipinski definition) is 0. The van der Waals surface area contributed by atoms with Gasteiger partial charge in [0.2, 0.25) is 0 Å². The van der Waals surface area contributed by atoms with E-state index >= 15 is 0 Å². The van der Waals surface area contributed by atoms with E-state index in [1.165, 1.54) is 5.56 Å². The minimum Gasteiger partial charge on any atom is -0.331 e. The van der Waals surface area contributed by atoms with Gasteiger partial charge >= 0.3 is 6.03 Å². The first-order valence-corrected chi connectivity index (χ1v) is 5.73. The number of rotatable bonds is 1. The SMILES string of the molecule is CN(C)C(=O)N1CCCC1c1ccccc1. The smallest absolute Gasteiger partial charge is 0.319 e. The first-order valence-electron chi connectivity index (χ1n) is 5.73. The molecule has 1 aliphatic heterocycles. The van der Waals surface area contributed by atoms with Crippen molar-refractivity contribution in [2.24, 2.45) is 0 Å². The van der Waals surface area contributed by atoms with Crippen molar-refractivity contribution in [2.75, 3.05) is 20.6 Å². The molecule has 0 aliphatic carbocycles. The normalized spacial score (nSPS) is 19.9. The molecule has 2 rings (SSSR count). The lowest BCUT2D eigenvalue weighted by Gasteiger charge is -2.28. The Hall–Kier alpha value is -1.51. The van der Waals surface area contributed by atoms with Crippen LogP contribution in [0, 0.1) is 0 Å². The molecule has 1 aromatic carbocycles. The monoisotopic (exact) mass is 218 g/mol. The summed E-state index contributed by atoms with van der Waals surface area (Å²) in [5.41, 5.74) is 1.25. The molecule has 1 heterocycles. The van der Waals surface area contributed by atoms with Crippen molar-refractivity contribution in [3.05, 3.63) is 35.9 Å². The van der Waals surface area contributed by atoms with E-state index in [2.05, 4.69) is 12.1 Å². The molecule has 3 nitrogen and oxygen atoms in total. The number of amides is 2. The van der Waals surface area contributed by atoms with Gasteiger partial charge in [0.05, 0.1) is 6.04 Å². The summed E-state index contributed by atoms with van der Waals surface area (Å²) in [7, 11) is 3.62. The van der Waals surface area contributed by atoms with Crippen molar-refractivity contribution in [3.63, 3.8) is 0 Å². The maximum atomic E-state index is 12.0. The van der Waals surface area contributed by atoms with Crippen LogP contribution >= 0.6 is 0 Å². The van der Waals surface area contributed by atoms with Crippen molar-refractivity contribution in [1.29, 1.82) is 0 Å². The highest BCUT2D eigenvalue weighted by Gasteiger charge is 2.30. The number of benzene rings is 1. The fourth-order valence-corrected chi connectivity index (χ4v) is 2.27. The van der Waals surface area contributed by atoms with Gasteiger partial charge < -0.3 is 9.80 Å². The molecule has 2 amide bonds. The summed E-state index contributed by atoms with van der Waals surface area (Å²) in [4.78, 5) is 15.6. The van der Waals surface area contributed by atoms with Crippen molar-refractivity contribution >= 4 is 6.03 Å². The molecular formula is C13H18N2O. The number of hydrogen-bond acceptors (Lipinski definition) is 1. The van der Waals surface area contributed by atoms with E-state index < -0.39 is 0 Å². The average molecular weight is 218 g/mol. The van der Waals surface area contributed by atoms with Crippen LogP contribution in [0.25, 0.3) is 0 Å². The second-order valence-corrected chi connectivity index (χ2v) is 4.44. The highest BCUT2D eigenvalue weighted by molar-refractivity contribution is 5.74. The predicted molar refractivity (Wildman–Crippen MR) is 64.2 cm³/mol. The molecule has 86 valence electrons. The van der Waals surface area contributed by atoms with Gasteiger partial charge in [0, 0.05) is 20.6 Å². The van der Waals surface area contributed by atoms with Crippen LogP contribution < -0.4 is 0 Å². The Balaban J connectivity index is 2.19. The number of urea groups is 1. The van der Waals surface area contributed by atoms with E-state index in [1.807, 2.05) is 37.2 Å². The third-order valence-electron chi connectivity index (χ3n) is 3.07. The minimum absolute atomic E-state index is 0.117. The summed E-state index contributed by atoms with van der Waals surface area (Å²) < 4.78 is 0. The Kier molecular flexibility index (Phi) is 3.13. The van der Waals surface area contributed by atoms with Gasteiger partial charge in [-0.05, 0) is 18.4 Å². The Morgan fingerprint density at radius 3 is 2.62 bits per heavy atom. The minimum atomic E-state index is 0.117. The van der Waals surface area contributed by atoms with E-state index in [4.69, 9.17) is 0 Å². The van der Waals surface area contributed by atoms with Gasteiger partial charge in [-0.3, -0.25) is 0 Å². The van der Waals surface area contributed by atoms with Crippen molar-refractivity contribution in [2.45, 2.75) is 18.9 Å². The molecule has 0 N–H and O–H groups in total. The first-order chi connectivity index (χ1) is 7.70. The summed E-state index contributed by atoms with van der Waals surface area (Å²) >= 11 is 0. The highest BCUT2D eigenvalue weighted by atomic mass is 16.2. The van der Waals surface area contributed by atoms with Gasteiger partial charge in [-0.2, -0.15) is 0 Å². The maximum Gasteiger partial charge on any atom is 0.319 e. The van der Waals surface area contributed by atoms with Gasteiger partial charge in [0.1, 0.15) is 0 Å². The molecule has 0 radical (unpaired) electrons. The van der Waals surface area contributed by atoms with Gasteiger partial charge in [-0.25, -0.2) is 4.79 Å². The van der Waals surface area contributed by atoms with E-state index in [9.17, 15) is 4.79 Å². The summed E-state index contributed by atoms with van der Waals surface area (Å²) in [5.74, 6) is 0. The highest BCUT2D eigenvalue weighted by Crippen LogP contribution is 2.32. The van der Waals surface area contributed by atoms with Crippen LogP contribution in [0.1, 0.15) is 24.4 Å². The maximum absolute atomic E-state index is 12.0. The van der Waals surface area contributed by atoms with Crippen LogP contribution in [-0.2, 0) is 0 Å². The van der Waals surface area contributed by atoms with Gasteiger partial charge in [0.15, 0.2) is 0 Å². The molecule has 16 heavy (non-hydrogen) atoms. The van der Waals surface area contributed by atoms with Crippen LogP contribution in [0.4, 0.5) is 4.79 Å². The second kappa shape index (κ2) is 4.56. The number of carbonyl (C=O) groups is 1. The molecule has 0 bridgehead atoms. The molecule has 0 aromatic heterocycles. The Morgan fingerprint density at radius 2 is 2.00 bits per heavy atom. The zero-order valence-electron chi connectivity index (χ0n) is 9.89. The van der Waals surface area contributed by atoms with Crippen LogP contribution in [0.2, 0.25) is 0 Å². The molecule has 3 heteroatoms. The largest absolute Gasteiger partial charge is 0.331 e. The van der Waals surface area contributed by atoms with Crippen LogP contribution in [-0.4, -0.2) is 36.5 Å². The molecule has 1 saturated heterocycles. The summed E-state index contributed by atoms with van der Waals surface area (Å²) in [6, 6.07) is 10.7. The zero-order valence-corrected chi connectivity index (χ0v) is 9.89. The van der Waals surface area contributed by atoms with E-state index in [0.717, 1.165) is 19.4 Å². The van der Waals surface area contributed by atoms with Gasteiger partial charge in [-0.15, -0.1) is 0 Å². The lowest BCUT2D eigenvalue weighted by molar-refractivity contribution is 0.166. The summed E-state index contributed by atoms with van der Waals surface area (Å²) in [5, 5.41) is 0. The average Bonchev–Trinajstić information content (AvgIpc) is 2.77. The Bertz CT molecular complexity index is 361. The van der Waals surface area contributed by atoms with Crippen molar-refractivity contribution < 1.29 is 4.79 Å². The lowest BCUT2D eigenvalue weighted by Crippen LogP contribution is -2.38. The number of carbonyl (C=O) groups excluding carboxylic acids is 1. The predicted octanol–water partition coefficient (Wildman–Crippen LogP) is 2.51. The molecule has 1 aliphatic rings. The fourth-order valence-electron chi connectivity index (χ4n) is 2.27. The van der Waals surface area contributed by atoms with E-state index in [1.54, 1.807) is 4.90 Å². The summed E-state index contributed by atoms with van der Waals surface area (Å²) in [6.45, 7) is 0.872. The van der Waals surface area contributed by atoms with E-state index in [-0.39, 0.29) is 12.1 Å². The van der Waals surface area contributed by atoms with Gasteiger partial charge in [0.25, 0.3) is 0 Å². The Labute approximate surface area is 96.7 Å². The number of likely N-dealkylation sites (tertiary alicyclic amines) is 1. The quantitative estimate of drug-likeness (QED) is 0.710. The molecule has 0 saturated carbocycles. The third-order valence-corrected chi connectivity index (χ3v) is 3.07. The molecule has 1 fully saturated rings. The molecule has 1 unspecified atom stereocenters. The fraction of sp³-hybridized carbons (Fsp3) is 0.462.